The van der Waals surface area contributed by atoms with Crippen molar-refractivity contribution in [2.75, 3.05) is 22.6 Å². The highest BCUT2D eigenvalue weighted by molar-refractivity contribution is 6.05. The number of nitriles is 1. The number of rotatable bonds is 6. The summed E-state index contributed by atoms with van der Waals surface area (Å²) in [7, 11) is 0. The van der Waals surface area contributed by atoms with Crippen LogP contribution in [0, 0.1) is 11.3 Å². The van der Waals surface area contributed by atoms with Crippen molar-refractivity contribution in [3.05, 3.63) is 84.4 Å². The summed E-state index contributed by atoms with van der Waals surface area (Å²) in [6, 6.07) is 23.9. The van der Waals surface area contributed by atoms with Gasteiger partial charge in [0.2, 0.25) is 0 Å². The first-order chi connectivity index (χ1) is 14.1. The molecule has 0 saturated carbocycles. The highest BCUT2D eigenvalue weighted by Gasteiger charge is 2.08. The molecular formula is C22H18N4O3. The van der Waals surface area contributed by atoms with Crippen LogP contribution >= 0.6 is 0 Å². The lowest BCUT2D eigenvalue weighted by molar-refractivity contribution is 0.102. The topological polar surface area (TPSA) is 103 Å². The molecule has 0 atom stereocenters. The molecule has 0 aliphatic rings. The van der Waals surface area contributed by atoms with E-state index in [-0.39, 0.29) is 18.5 Å². The summed E-state index contributed by atoms with van der Waals surface area (Å²) >= 11 is 0. The molecule has 0 saturated heterocycles. The van der Waals surface area contributed by atoms with Crippen LogP contribution in [0.15, 0.2) is 78.9 Å². The second-order valence-corrected chi connectivity index (χ2v) is 5.95. The van der Waals surface area contributed by atoms with Gasteiger partial charge in [-0.05, 0) is 60.7 Å². The molecular weight excluding hydrogens is 368 g/mol. The van der Waals surface area contributed by atoms with E-state index in [0.717, 1.165) is 0 Å². The van der Waals surface area contributed by atoms with Gasteiger partial charge in [0.15, 0.2) is 6.61 Å². The Morgan fingerprint density at radius 1 is 0.759 bits per heavy atom. The van der Waals surface area contributed by atoms with E-state index in [0.29, 0.717) is 28.4 Å². The Morgan fingerprint density at radius 2 is 1.31 bits per heavy atom. The van der Waals surface area contributed by atoms with Gasteiger partial charge in [0.25, 0.3) is 5.91 Å². The standard InChI is InChI=1S/C22H18N4O3/c23-14-15-29-20-12-10-18(11-13-20)24-21(27)16-6-8-19(9-7-16)26-22(28)25-17-4-2-1-3-5-17/h1-13H,15H2,(H,24,27)(H2,25,26,28). The van der Waals surface area contributed by atoms with Crippen molar-refractivity contribution in [2.45, 2.75) is 0 Å². The van der Waals surface area contributed by atoms with Gasteiger partial charge in [0.05, 0.1) is 0 Å². The Kier molecular flexibility index (Phi) is 6.42. The molecule has 0 bridgehead atoms. The van der Waals surface area contributed by atoms with Crippen LogP contribution in [-0.2, 0) is 0 Å². The van der Waals surface area contributed by atoms with Crippen molar-refractivity contribution in [3.8, 4) is 11.8 Å². The van der Waals surface area contributed by atoms with Crippen LogP contribution in [-0.4, -0.2) is 18.5 Å². The fourth-order valence-electron chi connectivity index (χ4n) is 2.47. The van der Waals surface area contributed by atoms with Gasteiger partial charge in [-0.1, -0.05) is 18.2 Å². The zero-order valence-electron chi connectivity index (χ0n) is 15.4. The molecule has 0 aliphatic heterocycles. The van der Waals surface area contributed by atoms with Crippen LogP contribution in [0.25, 0.3) is 0 Å². The molecule has 0 fully saturated rings. The summed E-state index contributed by atoms with van der Waals surface area (Å²) < 4.78 is 5.17. The van der Waals surface area contributed by atoms with E-state index in [4.69, 9.17) is 10.00 Å². The third-order valence-corrected chi connectivity index (χ3v) is 3.85. The lowest BCUT2D eigenvalue weighted by atomic mass is 10.2. The van der Waals surface area contributed by atoms with Crippen molar-refractivity contribution < 1.29 is 14.3 Å². The van der Waals surface area contributed by atoms with Crippen LogP contribution in [0.2, 0.25) is 0 Å². The normalized spacial score (nSPS) is 9.76. The van der Waals surface area contributed by atoms with Crippen LogP contribution < -0.4 is 20.7 Å². The largest absolute Gasteiger partial charge is 0.479 e. The molecule has 144 valence electrons. The lowest BCUT2D eigenvalue weighted by Gasteiger charge is -2.09. The van der Waals surface area contributed by atoms with Crippen molar-refractivity contribution in [1.29, 1.82) is 5.26 Å². The van der Waals surface area contributed by atoms with Gasteiger partial charge in [0.1, 0.15) is 11.8 Å². The van der Waals surface area contributed by atoms with Gasteiger partial charge in [-0.15, -0.1) is 0 Å². The fourth-order valence-corrected chi connectivity index (χ4v) is 2.47. The SMILES string of the molecule is N#CCOc1ccc(NC(=O)c2ccc(NC(=O)Nc3ccccc3)cc2)cc1. The van der Waals surface area contributed by atoms with Crippen LogP contribution in [0.4, 0.5) is 21.9 Å². The smallest absolute Gasteiger partial charge is 0.323 e. The Labute approximate surface area is 167 Å². The molecule has 0 spiro atoms. The molecule has 0 aromatic heterocycles. The molecule has 3 N–H and O–H groups in total. The summed E-state index contributed by atoms with van der Waals surface area (Å²) in [5.41, 5.74) is 2.30. The predicted octanol–water partition coefficient (Wildman–Crippen LogP) is 4.49. The number of hydrogen-bond donors (Lipinski definition) is 3. The molecule has 3 rings (SSSR count). The van der Waals surface area contributed by atoms with Gasteiger partial charge >= 0.3 is 6.03 Å². The monoisotopic (exact) mass is 386 g/mol. The maximum absolute atomic E-state index is 12.4. The van der Waals surface area contributed by atoms with E-state index in [1.165, 1.54) is 0 Å². The summed E-state index contributed by atoms with van der Waals surface area (Å²) in [6.07, 6.45) is 0. The van der Waals surface area contributed by atoms with Crippen molar-refractivity contribution in [1.82, 2.24) is 0 Å². The van der Waals surface area contributed by atoms with Gasteiger partial charge in [-0.25, -0.2) is 4.79 Å². The molecule has 0 unspecified atom stereocenters. The van der Waals surface area contributed by atoms with E-state index in [9.17, 15) is 9.59 Å². The first-order valence-corrected chi connectivity index (χ1v) is 8.78. The van der Waals surface area contributed by atoms with E-state index in [1.807, 2.05) is 24.3 Å². The number of ether oxygens (including phenoxy) is 1. The highest BCUT2D eigenvalue weighted by Crippen LogP contribution is 2.17. The van der Waals surface area contributed by atoms with Crippen molar-refractivity contribution >= 4 is 29.0 Å². The van der Waals surface area contributed by atoms with Crippen molar-refractivity contribution in [3.63, 3.8) is 0 Å². The number of benzene rings is 3. The molecule has 3 aromatic rings. The van der Waals surface area contributed by atoms with Crippen LogP contribution in [0.1, 0.15) is 10.4 Å². The second kappa shape index (κ2) is 9.58. The minimum absolute atomic E-state index is 0.0323. The number of hydrogen-bond acceptors (Lipinski definition) is 4. The summed E-state index contributed by atoms with van der Waals surface area (Å²) in [6.45, 7) is -0.0323. The molecule has 3 aromatic carbocycles. The minimum Gasteiger partial charge on any atom is -0.479 e. The molecule has 0 radical (unpaired) electrons. The quantitative estimate of drug-likeness (QED) is 0.581. The molecule has 7 nitrogen and oxygen atoms in total. The first kappa shape index (κ1) is 19.5. The third-order valence-electron chi connectivity index (χ3n) is 3.85. The number of carbonyl (C=O) groups is 2. The van der Waals surface area contributed by atoms with Gasteiger partial charge in [-0.2, -0.15) is 5.26 Å². The number of carbonyl (C=O) groups excluding carboxylic acids is 2. The van der Waals surface area contributed by atoms with E-state index in [2.05, 4.69) is 16.0 Å². The summed E-state index contributed by atoms with van der Waals surface area (Å²) in [4.78, 5) is 24.4. The summed E-state index contributed by atoms with van der Waals surface area (Å²) in [5.74, 6) is 0.268. The summed E-state index contributed by atoms with van der Waals surface area (Å²) in [5, 5.41) is 16.7. The minimum atomic E-state index is -0.368. The Hall–Kier alpha value is -4.31. The Morgan fingerprint density at radius 3 is 1.93 bits per heavy atom. The van der Waals surface area contributed by atoms with Gasteiger partial charge < -0.3 is 20.7 Å². The lowest BCUT2D eigenvalue weighted by Crippen LogP contribution is -2.19. The van der Waals surface area contributed by atoms with E-state index < -0.39 is 0 Å². The number of para-hydroxylation sites is 1. The van der Waals surface area contributed by atoms with E-state index in [1.54, 1.807) is 60.7 Å². The Bertz CT molecular complexity index is 1010. The highest BCUT2D eigenvalue weighted by atomic mass is 16.5. The van der Waals surface area contributed by atoms with Gasteiger partial charge in [-0.3, -0.25) is 4.79 Å². The second-order valence-electron chi connectivity index (χ2n) is 5.95. The van der Waals surface area contributed by atoms with Crippen molar-refractivity contribution in [2.24, 2.45) is 0 Å². The average Bonchev–Trinajstić information content (AvgIpc) is 2.74. The maximum atomic E-state index is 12.4. The molecule has 3 amide bonds. The molecule has 0 aliphatic carbocycles. The number of urea groups is 1. The van der Waals surface area contributed by atoms with Gasteiger partial charge in [0, 0.05) is 22.6 Å². The molecule has 29 heavy (non-hydrogen) atoms. The number of nitrogens with zero attached hydrogens (tertiary/aromatic N) is 1. The van der Waals surface area contributed by atoms with Crippen LogP contribution in [0.3, 0.4) is 0 Å². The zero-order valence-corrected chi connectivity index (χ0v) is 15.4. The number of nitrogens with one attached hydrogen (secondary N) is 3. The van der Waals surface area contributed by atoms with Crippen LogP contribution in [0.5, 0.6) is 5.75 Å². The number of amides is 3. The third kappa shape index (κ3) is 5.84. The number of anilines is 3. The molecule has 0 heterocycles. The Balaban J connectivity index is 1.54. The fraction of sp³-hybridized carbons (Fsp3) is 0.0455. The first-order valence-electron chi connectivity index (χ1n) is 8.78. The zero-order chi connectivity index (χ0) is 20.5. The average molecular weight is 386 g/mol. The van der Waals surface area contributed by atoms with E-state index >= 15 is 0 Å². The predicted molar refractivity (Wildman–Crippen MR) is 111 cm³/mol. The maximum Gasteiger partial charge on any atom is 0.323 e. The molecule has 7 heteroatoms.